The van der Waals surface area contributed by atoms with Crippen LogP contribution in [0.2, 0.25) is 0 Å². The minimum Gasteiger partial charge on any atom is -0.491 e. The smallest absolute Gasteiger partial charge is 0.146 e. The van der Waals surface area contributed by atoms with Crippen molar-refractivity contribution in [3.63, 3.8) is 0 Å². The molecule has 0 aliphatic carbocycles. The summed E-state index contributed by atoms with van der Waals surface area (Å²) in [6.45, 7) is 6.35. The average Bonchev–Trinajstić information content (AvgIpc) is 2.41. The number of nitrogen functional groups attached to an aromatic ring is 1. The number of benzene rings is 1. The van der Waals surface area contributed by atoms with E-state index in [1.807, 2.05) is 32.0 Å². The Balaban J connectivity index is 2.33. The van der Waals surface area contributed by atoms with E-state index in [0.29, 0.717) is 43.6 Å². The molecule has 0 unspecified atom stereocenters. The molecule has 0 spiro atoms. The summed E-state index contributed by atoms with van der Waals surface area (Å²) in [6, 6.07) is 5.56. The second kappa shape index (κ2) is 9.44. The van der Waals surface area contributed by atoms with Crippen LogP contribution in [-0.4, -0.2) is 39.6 Å². The van der Waals surface area contributed by atoms with Crippen LogP contribution in [0.5, 0.6) is 11.5 Å². The van der Waals surface area contributed by atoms with E-state index in [2.05, 4.69) is 0 Å². The summed E-state index contributed by atoms with van der Waals surface area (Å²) in [4.78, 5) is 0. The normalized spacial score (nSPS) is 10.8. The molecule has 20 heavy (non-hydrogen) atoms. The molecule has 0 bridgehead atoms. The quantitative estimate of drug-likeness (QED) is 0.528. The van der Waals surface area contributed by atoms with Crippen molar-refractivity contribution >= 4 is 5.69 Å². The van der Waals surface area contributed by atoms with Crippen LogP contribution in [0.1, 0.15) is 20.3 Å². The minimum atomic E-state index is 0.0849. The van der Waals surface area contributed by atoms with Crippen LogP contribution in [0, 0.1) is 0 Å². The molecule has 0 aromatic heterocycles. The zero-order chi connectivity index (χ0) is 14.8. The lowest BCUT2D eigenvalue weighted by Gasteiger charge is -2.15. The second-order valence-electron chi connectivity index (χ2n) is 4.64. The standard InChI is InChI=1S/C15H25NO4/c1-12(2)20-14-7-4-6-13(15(14)16)19-9-5-8-18-11-10-17-3/h4,6-7,12H,5,8-11,16H2,1-3H3. The van der Waals surface area contributed by atoms with Gasteiger partial charge in [-0.3, -0.25) is 0 Å². The molecular weight excluding hydrogens is 258 g/mol. The highest BCUT2D eigenvalue weighted by Crippen LogP contribution is 2.31. The first-order chi connectivity index (χ1) is 9.65. The number of hydrogen-bond donors (Lipinski definition) is 1. The second-order valence-corrected chi connectivity index (χ2v) is 4.64. The molecule has 5 heteroatoms. The highest BCUT2D eigenvalue weighted by molar-refractivity contribution is 5.62. The fourth-order valence-corrected chi connectivity index (χ4v) is 1.59. The lowest BCUT2D eigenvalue weighted by atomic mass is 10.2. The Labute approximate surface area is 121 Å². The van der Waals surface area contributed by atoms with E-state index in [0.717, 1.165) is 6.42 Å². The van der Waals surface area contributed by atoms with Crippen LogP contribution >= 0.6 is 0 Å². The SMILES string of the molecule is COCCOCCCOc1cccc(OC(C)C)c1N. The molecule has 1 rings (SSSR count). The van der Waals surface area contributed by atoms with Crippen molar-refractivity contribution in [3.8, 4) is 11.5 Å². The molecule has 0 saturated heterocycles. The molecular formula is C15H25NO4. The van der Waals surface area contributed by atoms with Gasteiger partial charge in [-0.05, 0) is 26.0 Å². The number of nitrogens with two attached hydrogens (primary N) is 1. The Kier molecular flexibility index (Phi) is 7.84. The van der Waals surface area contributed by atoms with E-state index in [4.69, 9.17) is 24.7 Å². The Hall–Kier alpha value is -1.46. The van der Waals surface area contributed by atoms with Gasteiger partial charge in [0.1, 0.15) is 17.2 Å². The van der Waals surface area contributed by atoms with Crippen molar-refractivity contribution in [2.45, 2.75) is 26.4 Å². The molecule has 114 valence electrons. The zero-order valence-corrected chi connectivity index (χ0v) is 12.6. The molecule has 0 saturated carbocycles. The molecule has 0 amide bonds. The highest BCUT2D eigenvalue weighted by Gasteiger charge is 2.08. The van der Waals surface area contributed by atoms with Crippen molar-refractivity contribution < 1.29 is 18.9 Å². The van der Waals surface area contributed by atoms with Gasteiger partial charge in [-0.15, -0.1) is 0 Å². The first kappa shape index (κ1) is 16.6. The van der Waals surface area contributed by atoms with Gasteiger partial charge in [-0.25, -0.2) is 0 Å². The summed E-state index contributed by atoms with van der Waals surface area (Å²) in [7, 11) is 1.65. The maximum atomic E-state index is 6.01. The van der Waals surface area contributed by atoms with Crippen molar-refractivity contribution in [3.05, 3.63) is 18.2 Å². The number of anilines is 1. The first-order valence-corrected chi connectivity index (χ1v) is 6.89. The number of hydrogen-bond acceptors (Lipinski definition) is 5. The number of methoxy groups -OCH3 is 1. The Bertz CT molecular complexity index is 382. The van der Waals surface area contributed by atoms with Crippen molar-refractivity contribution in [1.29, 1.82) is 0 Å². The van der Waals surface area contributed by atoms with E-state index in [1.165, 1.54) is 0 Å². The van der Waals surface area contributed by atoms with Gasteiger partial charge in [0.25, 0.3) is 0 Å². The predicted octanol–water partition coefficient (Wildman–Crippen LogP) is 2.49. The topological polar surface area (TPSA) is 62.9 Å². The first-order valence-electron chi connectivity index (χ1n) is 6.89. The third-order valence-electron chi connectivity index (χ3n) is 2.51. The molecule has 0 aliphatic rings. The van der Waals surface area contributed by atoms with Crippen molar-refractivity contribution in [2.75, 3.05) is 39.3 Å². The zero-order valence-electron chi connectivity index (χ0n) is 12.6. The maximum absolute atomic E-state index is 6.01. The number of ether oxygens (including phenoxy) is 4. The van der Waals surface area contributed by atoms with Crippen LogP contribution < -0.4 is 15.2 Å². The molecule has 2 N–H and O–H groups in total. The van der Waals surface area contributed by atoms with Crippen LogP contribution in [0.25, 0.3) is 0 Å². The summed E-state index contributed by atoms with van der Waals surface area (Å²) in [5.41, 5.74) is 6.56. The van der Waals surface area contributed by atoms with Gasteiger partial charge in [-0.1, -0.05) is 6.07 Å². The Morgan fingerprint density at radius 1 is 1.05 bits per heavy atom. The van der Waals surface area contributed by atoms with E-state index in [9.17, 15) is 0 Å². The molecule has 0 atom stereocenters. The van der Waals surface area contributed by atoms with Crippen molar-refractivity contribution in [2.24, 2.45) is 0 Å². The monoisotopic (exact) mass is 283 g/mol. The lowest BCUT2D eigenvalue weighted by molar-refractivity contribution is 0.0644. The molecule has 1 aromatic rings. The van der Waals surface area contributed by atoms with E-state index in [-0.39, 0.29) is 6.10 Å². The Morgan fingerprint density at radius 2 is 1.80 bits per heavy atom. The van der Waals surface area contributed by atoms with Gasteiger partial charge in [0, 0.05) is 20.1 Å². The largest absolute Gasteiger partial charge is 0.491 e. The summed E-state index contributed by atoms with van der Waals surface area (Å²) in [6.07, 6.45) is 0.889. The van der Waals surface area contributed by atoms with Crippen LogP contribution in [-0.2, 0) is 9.47 Å². The van der Waals surface area contributed by atoms with Crippen LogP contribution in [0.3, 0.4) is 0 Å². The Morgan fingerprint density at radius 3 is 2.50 bits per heavy atom. The van der Waals surface area contributed by atoms with Gasteiger partial charge in [0.05, 0.1) is 25.9 Å². The molecule has 0 aliphatic heterocycles. The fraction of sp³-hybridized carbons (Fsp3) is 0.600. The van der Waals surface area contributed by atoms with Gasteiger partial charge in [0.15, 0.2) is 0 Å². The average molecular weight is 283 g/mol. The molecule has 0 fully saturated rings. The van der Waals surface area contributed by atoms with Crippen molar-refractivity contribution in [1.82, 2.24) is 0 Å². The summed E-state index contributed by atoms with van der Waals surface area (Å²) >= 11 is 0. The summed E-state index contributed by atoms with van der Waals surface area (Å²) < 4.78 is 21.5. The number of rotatable bonds is 10. The van der Waals surface area contributed by atoms with Crippen LogP contribution in [0.4, 0.5) is 5.69 Å². The third kappa shape index (κ3) is 6.12. The minimum absolute atomic E-state index is 0.0849. The summed E-state index contributed by atoms with van der Waals surface area (Å²) in [5.74, 6) is 1.31. The van der Waals surface area contributed by atoms with E-state index in [1.54, 1.807) is 7.11 Å². The van der Waals surface area contributed by atoms with E-state index >= 15 is 0 Å². The molecule has 5 nitrogen and oxygen atoms in total. The van der Waals surface area contributed by atoms with Gasteiger partial charge >= 0.3 is 0 Å². The maximum Gasteiger partial charge on any atom is 0.146 e. The third-order valence-corrected chi connectivity index (χ3v) is 2.51. The van der Waals surface area contributed by atoms with Gasteiger partial charge in [-0.2, -0.15) is 0 Å². The van der Waals surface area contributed by atoms with E-state index < -0.39 is 0 Å². The van der Waals surface area contributed by atoms with Gasteiger partial charge < -0.3 is 24.7 Å². The van der Waals surface area contributed by atoms with Crippen LogP contribution in [0.15, 0.2) is 18.2 Å². The van der Waals surface area contributed by atoms with Gasteiger partial charge in [0.2, 0.25) is 0 Å². The lowest BCUT2D eigenvalue weighted by Crippen LogP contribution is -2.09. The highest BCUT2D eigenvalue weighted by atomic mass is 16.5. The predicted molar refractivity (Wildman–Crippen MR) is 79.4 cm³/mol. The number of para-hydroxylation sites is 1. The summed E-state index contributed by atoms with van der Waals surface area (Å²) in [5, 5.41) is 0. The molecule has 1 aromatic carbocycles. The fourth-order valence-electron chi connectivity index (χ4n) is 1.59. The molecule has 0 heterocycles. The molecule has 0 radical (unpaired) electrons.